The molecule has 0 spiro atoms. The number of amides is 1. The first-order valence-electron chi connectivity index (χ1n) is 4.52. The van der Waals surface area contributed by atoms with Crippen molar-refractivity contribution >= 4 is 21.8 Å². The van der Waals surface area contributed by atoms with Gasteiger partial charge in [0, 0.05) is 11.0 Å². The lowest BCUT2D eigenvalue weighted by Crippen LogP contribution is -2.31. The molecule has 0 fully saturated rings. The van der Waals surface area contributed by atoms with Gasteiger partial charge in [-0.3, -0.25) is 4.79 Å². The Morgan fingerprint density at radius 3 is 2.44 bits per heavy atom. The van der Waals surface area contributed by atoms with Gasteiger partial charge < -0.3 is 10.4 Å². The van der Waals surface area contributed by atoms with Crippen LogP contribution in [0.4, 0.5) is 8.78 Å². The molecule has 1 aromatic carbocycles. The summed E-state index contributed by atoms with van der Waals surface area (Å²) in [5, 5.41) is 11.1. The van der Waals surface area contributed by atoms with Crippen LogP contribution in [0.15, 0.2) is 16.6 Å². The highest BCUT2D eigenvalue weighted by Gasteiger charge is 2.18. The van der Waals surface area contributed by atoms with Gasteiger partial charge in [-0.15, -0.1) is 0 Å². The predicted molar refractivity (Wildman–Crippen MR) is 58.1 cm³/mol. The smallest absolute Gasteiger partial charge is 0.257 e. The summed E-state index contributed by atoms with van der Waals surface area (Å²) >= 11 is 2.91. The van der Waals surface area contributed by atoms with Gasteiger partial charge in [0.05, 0.1) is 6.10 Å². The highest BCUT2D eigenvalue weighted by Crippen LogP contribution is 2.19. The first kappa shape index (κ1) is 13.1. The fourth-order valence-electron chi connectivity index (χ4n) is 1.09. The lowest BCUT2D eigenvalue weighted by atomic mass is 10.2. The maximum atomic E-state index is 13.3. The summed E-state index contributed by atoms with van der Waals surface area (Å²) in [7, 11) is 0. The molecular formula is C10H10BrF2NO2. The third-order valence-corrected chi connectivity index (χ3v) is 2.25. The molecule has 88 valence electrons. The van der Waals surface area contributed by atoms with E-state index in [0.717, 1.165) is 12.1 Å². The van der Waals surface area contributed by atoms with Crippen molar-refractivity contribution in [1.82, 2.24) is 5.32 Å². The highest BCUT2D eigenvalue weighted by atomic mass is 79.9. The van der Waals surface area contributed by atoms with E-state index in [1.807, 2.05) is 0 Å². The third kappa shape index (κ3) is 3.24. The molecule has 1 rings (SSSR count). The summed E-state index contributed by atoms with van der Waals surface area (Å²) in [4.78, 5) is 11.4. The number of rotatable bonds is 3. The van der Waals surface area contributed by atoms with E-state index in [1.165, 1.54) is 6.92 Å². The highest BCUT2D eigenvalue weighted by molar-refractivity contribution is 9.10. The fraction of sp³-hybridized carbons (Fsp3) is 0.300. The first-order valence-corrected chi connectivity index (χ1v) is 5.32. The Balaban J connectivity index is 2.91. The van der Waals surface area contributed by atoms with Crippen molar-refractivity contribution in [3.05, 3.63) is 33.8 Å². The van der Waals surface area contributed by atoms with Crippen LogP contribution >= 0.6 is 15.9 Å². The second kappa shape index (κ2) is 5.36. The quantitative estimate of drug-likeness (QED) is 0.893. The normalized spacial score (nSPS) is 12.3. The minimum absolute atomic E-state index is 0.0617. The van der Waals surface area contributed by atoms with Gasteiger partial charge in [-0.1, -0.05) is 15.9 Å². The van der Waals surface area contributed by atoms with E-state index in [9.17, 15) is 13.6 Å². The molecule has 0 saturated carbocycles. The monoisotopic (exact) mass is 293 g/mol. The van der Waals surface area contributed by atoms with Crippen molar-refractivity contribution in [2.24, 2.45) is 0 Å². The average Bonchev–Trinajstić information content (AvgIpc) is 2.12. The van der Waals surface area contributed by atoms with Crippen molar-refractivity contribution in [1.29, 1.82) is 0 Å². The SMILES string of the molecule is C[C@H](O)CNC(=O)c1c(F)cc(Br)cc1F. The van der Waals surface area contributed by atoms with Gasteiger partial charge >= 0.3 is 0 Å². The molecule has 0 heterocycles. The van der Waals surface area contributed by atoms with Gasteiger partial charge in [0.15, 0.2) is 0 Å². The molecule has 6 heteroatoms. The van der Waals surface area contributed by atoms with Crippen LogP contribution in [0.3, 0.4) is 0 Å². The van der Waals surface area contributed by atoms with E-state index < -0.39 is 29.2 Å². The predicted octanol–water partition coefficient (Wildman–Crippen LogP) is 1.84. The Hall–Kier alpha value is -1.01. The largest absolute Gasteiger partial charge is 0.392 e. The second-order valence-corrected chi connectivity index (χ2v) is 4.22. The molecule has 0 aliphatic rings. The van der Waals surface area contributed by atoms with Crippen LogP contribution in [-0.2, 0) is 0 Å². The maximum absolute atomic E-state index is 13.3. The summed E-state index contributed by atoms with van der Waals surface area (Å²) in [5.41, 5.74) is -0.649. The van der Waals surface area contributed by atoms with Gasteiger partial charge in [0.1, 0.15) is 17.2 Å². The fourth-order valence-corrected chi connectivity index (χ4v) is 1.49. The number of aliphatic hydroxyl groups excluding tert-OH is 1. The van der Waals surface area contributed by atoms with Crippen molar-refractivity contribution in [3.8, 4) is 0 Å². The number of hydrogen-bond acceptors (Lipinski definition) is 2. The Kier molecular flexibility index (Phi) is 4.37. The molecule has 1 atom stereocenters. The Morgan fingerprint density at radius 1 is 1.50 bits per heavy atom. The van der Waals surface area contributed by atoms with E-state index in [2.05, 4.69) is 21.2 Å². The molecule has 1 amide bonds. The van der Waals surface area contributed by atoms with Gasteiger partial charge in [0.2, 0.25) is 0 Å². The lowest BCUT2D eigenvalue weighted by Gasteiger charge is -2.08. The van der Waals surface area contributed by atoms with Gasteiger partial charge in [-0.05, 0) is 19.1 Å². The molecule has 0 aromatic heterocycles. The molecule has 3 nitrogen and oxygen atoms in total. The van der Waals surface area contributed by atoms with E-state index >= 15 is 0 Å². The van der Waals surface area contributed by atoms with Crippen LogP contribution in [0.1, 0.15) is 17.3 Å². The Labute approximate surface area is 99.6 Å². The lowest BCUT2D eigenvalue weighted by molar-refractivity contribution is 0.0915. The number of hydrogen-bond donors (Lipinski definition) is 2. The zero-order chi connectivity index (χ0) is 12.3. The molecule has 0 radical (unpaired) electrons. The number of benzene rings is 1. The molecule has 1 aromatic rings. The summed E-state index contributed by atoms with van der Waals surface area (Å²) < 4.78 is 26.8. The van der Waals surface area contributed by atoms with Crippen molar-refractivity contribution in [3.63, 3.8) is 0 Å². The first-order chi connectivity index (χ1) is 7.41. The Morgan fingerprint density at radius 2 is 2.00 bits per heavy atom. The molecular weight excluding hydrogens is 284 g/mol. The number of carbonyl (C=O) groups is 1. The van der Waals surface area contributed by atoms with Crippen LogP contribution in [0.25, 0.3) is 0 Å². The molecule has 0 saturated heterocycles. The van der Waals surface area contributed by atoms with Gasteiger partial charge in [0.25, 0.3) is 5.91 Å². The molecule has 0 bridgehead atoms. The minimum atomic E-state index is -0.949. The van der Waals surface area contributed by atoms with E-state index in [0.29, 0.717) is 0 Å². The topological polar surface area (TPSA) is 49.3 Å². The summed E-state index contributed by atoms with van der Waals surface area (Å²) in [6, 6.07) is 2.00. The molecule has 16 heavy (non-hydrogen) atoms. The number of nitrogens with one attached hydrogen (secondary N) is 1. The van der Waals surface area contributed by atoms with Crippen LogP contribution in [0, 0.1) is 11.6 Å². The van der Waals surface area contributed by atoms with Crippen LogP contribution < -0.4 is 5.32 Å². The summed E-state index contributed by atoms with van der Waals surface area (Å²) in [6.07, 6.45) is -0.773. The van der Waals surface area contributed by atoms with E-state index in [4.69, 9.17) is 5.11 Å². The maximum Gasteiger partial charge on any atom is 0.257 e. The summed E-state index contributed by atoms with van der Waals surface area (Å²) in [6.45, 7) is 1.39. The second-order valence-electron chi connectivity index (χ2n) is 3.30. The van der Waals surface area contributed by atoms with Crippen molar-refractivity contribution in [2.45, 2.75) is 13.0 Å². The Bertz CT molecular complexity index is 387. The van der Waals surface area contributed by atoms with Gasteiger partial charge in [-0.2, -0.15) is 0 Å². The van der Waals surface area contributed by atoms with Crippen molar-refractivity contribution in [2.75, 3.05) is 6.54 Å². The van der Waals surface area contributed by atoms with Crippen LogP contribution in [-0.4, -0.2) is 23.7 Å². The van der Waals surface area contributed by atoms with Crippen LogP contribution in [0.2, 0.25) is 0 Å². The number of aliphatic hydroxyl groups is 1. The summed E-state index contributed by atoms with van der Waals surface area (Å²) in [5.74, 6) is -2.78. The molecule has 0 aliphatic heterocycles. The molecule has 2 N–H and O–H groups in total. The van der Waals surface area contributed by atoms with E-state index in [-0.39, 0.29) is 11.0 Å². The van der Waals surface area contributed by atoms with Crippen LogP contribution in [0.5, 0.6) is 0 Å². The number of halogens is 3. The average molecular weight is 294 g/mol. The standard InChI is InChI=1S/C10H10BrF2NO2/c1-5(15)4-14-10(16)9-7(12)2-6(11)3-8(9)13/h2-3,5,15H,4H2,1H3,(H,14,16)/t5-/m0/s1. The molecule has 0 unspecified atom stereocenters. The molecule has 0 aliphatic carbocycles. The van der Waals surface area contributed by atoms with E-state index in [1.54, 1.807) is 0 Å². The zero-order valence-electron chi connectivity index (χ0n) is 8.43. The third-order valence-electron chi connectivity index (χ3n) is 1.79. The minimum Gasteiger partial charge on any atom is -0.392 e. The van der Waals surface area contributed by atoms with Gasteiger partial charge in [-0.25, -0.2) is 8.78 Å². The zero-order valence-corrected chi connectivity index (χ0v) is 10.0. The number of carbonyl (C=O) groups excluding carboxylic acids is 1. The van der Waals surface area contributed by atoms with Crippen molar-refractivity contribution < 1.29 is 18.7 Å².